The summed E-state index contributed by atoms with van der Waals surface area (Å²) in [4.78, 5) is 21.2. The first-order valence-electron chi connectivity index (χ1n) is 3.80. The number of carbonyl (C=O) groups is 2. The Balaban J connectivity index is 4.04. The van der Waals surface area contributed by atoms with E-state index >= 15 is 0 Å². The molecule has 0 aromatic heterocycles. The Kier molecular flexibility index (Phi) is 4.90. The molecule has 0 rings (SSSR count). The van der Waals surface area contributed by atoms with Crippen molar-refractivity contribution >= 4 is 22.8 Å². The number of Topliss-reactive ketones (excluding diaryl/α,β-unsaturated/α-hetero) is 1. The first-order chi connectivity index (χ1) is 5.43. The summed E-state index contributed by atoms with van der Waals surface area (Å²) < 4.78 is 4.60. The molecule has 0 spiro atoms. The summed E-state index contributed by atoms with van der Waals surface area (Å²) in [7, 11) is 0. The van der Waals surface area contributed by atoms with Crippen LogP contribution < -0.4 is 0 Å². The minimum absolute atomic E-state index is 0.169. The molecule has 4 heteroatoms. The summed E-state index contributed by atoms with van der Waals surface area (Å²) in [6.45, 7) is 5.27. The van der Waals surface area contributed by atoms with E-state index in [0.29, 0.717) is 12.3 Å². The number of ketones is 1. The molecule has 3 nitrogen and oxygen atoms in total. The minimum atomic E-state index is -0.921. The molecule has 0 saturated heterocycles. The first-order valence-corrected chi connectivity index (χ1v) is 4.17. The zero-order valence-corrected chi connectivity index (χ0v) is 8.22. The molecule has 0 saturated carbocycles. The average Bonchev–Trinajstić information content (AvgIpc) is 1.83. The lowest BCUT2D eigenvalue weighted by atomic mass is 10.0. The van der Waals surface area contributed by atoms with Crippen molar-refractivity contribution in [2.45, 2.75) is 33.3 Å². The van der Waals surface area contributed by atoms with E-state index in [1.54, 1.807) is 0 Å². The van der Waals surface area contributed by atoms with Gasteiger partial charge < -0.3 is 4.74 Å². The summed E-state index contributed by atoms with van der Waals surface area (Å²) >= 11 is 4.99. The molecule has 0 aliphatic rings. The van der Waals surface area contributed by atoms with E-state index in [9.17, 15) is 9.59 Å². The highest BCUT2D eigenvalue weighted by atomic mass is 35.5. The number of hydrogen-bond acceptors (Lipinski definition) is 3. The van der Waals surface area contributed by atoms with Crippen molar-refractivity contribution in [3.8, 4) is 0 Å². The van der Waals surface area contributed by atoms with Crippen molar-refractivity contribution < 1.29 is 14.3 Å². The third-order valence-electron chi connectivity index (χ3n) is 1.37. The summed E-state index contributed by atoms with van der Waals surface area (Å²) in [6.07, 6.45) is -0.164. The Hall–Kier alpha value is -0.570. The van der Waals surface area contributed by atoms with E-state index in [1.165, 1.54) is 6.92 Å². The monoisotopic (exact) mass is 192 g/mol. The number of carbonyl (C=O) groups excluding carboxylic acids is 2. The van der Waals surface area contributed by atoms with E-state index in [1.807, 2.05) is 13.8 Å². The van der Waals surface area contributed by atoms with Crippen LogP contribution in [0.2, 0.25) is 0 Å². The summed E-state index contributed by atoms with van der Waals surface area (Å²) in [5, 5.41) is 0. The molecular weight excluding hydrogens is 180 g/mol. The van der Waals surface area contributed by atoms with E-state index < -0.39 is 11.5 Å². The van der Waals surface area contributed by atoms with Gasteiger partial charge in [-0.3, -0.25) is 4.79 Å². The Morgan fingerprint density at radius 1 is 1.42 bits per heavy atom. The Bertz CT molecular complexity index is 177. The van der Waals surface area contributed by atoms with Gasteiger partial charge in [-0.25, -0.2) is 4.79 Å². The molecule has 0 radical (unpaired) electrons. The largest absolute Gasteiger partial charge is 0.442 e. The highest BCUT2D eigenvalue weighted by Crippen LogP contribution is 2.10. The molecule has 0 heterocycles. The summed E-state index contributed by atoms with van der Waals surface area (Å²) in [5.41, 5.74) is -0.921. The van der Waals surface area contributed by atoms with Crippen LogP contribution in [0.5, 0.6) is 0 Å². The number of rotatable bonds is 4. The molecule has 0 aliphatic heterocycles. The second-order valence-electron chi connectivity index (χ2n) is 3.08. The fraction of sp³-hybridized carbons (Fsp3) is 0.750. The zero-order chi connectivity index (χ0) is 9.72. The first kappa shape index (κ1) is 11.4. The third kappa shape index (κ3) is 5.13. The van der Waals surface area contributed by atoms with Gasteiger partial charge >= 0.3 is 5.43 Å². The van der Waals surface area contributed by atoms with E-state index in [0.717, 1.165) is 0 Å². The van der Waals surface area contributed by atoms with Gasteiger partial charge in [0.1, 0.15) is 0 Å². The van der Waals surface area contributed by atoms with E-state index in [2.05, 4.69) is 4.74 Å². The lowest BCUT2D eigenvalue weighted by molar-refractivity contribution is -0.125. The molecule has 1 atom stereocenters. The van der Waals surface area contributed by atoms with Crippen molar-refractivity contribution in [1.29, 1.82) is 0 Å². The maximum Gasteiger partial charge on any atom is 0.404 e. The van der Waals surface area contributed by atoms with Gasteiger partial charge in [0.2, 0.25) is 0 Å². The van der Waals surface area contributed by atoms with E-state index in [-0.39, 0.29) is 5.78 Å². The number of hydrogen-bond donors (Lipinski definition) is 0. The Labute approximate surface area is 77.0 Å². The minimum Gasteiger partial charge on any atom is -0.442 e. The maximum absolute atomic E-state index is 10.9. The number of halogens is 1. The second-order valence-corrected chi connectivity index (χ2v) is 3.39. The quantitative estimate of drug-likeness (QED) is 0.643. The smallest absolute Gasteiger partial charge is 0.404 e. The van der Waals surface area contributed by atoms with Crippen LogP contribution in [0.4, 0.5) is 4.79 Å². The highest BCUT2D eigenvalue weighted by molar-refractivity contribution is 6.61. The van der Waals surface area contributed by atoms with Crippen LogP contribution in [0.15, 0.2) is 0 Å². The highest BCUT2D eigenvalue weighted by Gasteiger charge is 2.19. The molecule has 0 aromatic carbocycles. The van der Waals surface area contributed by atoms with Crippen LogP contribution in [0.1, 0.15) is 27.2 Å². The topological polar surface area (TPSA) is 43.4 Å². The molecule has 12 heavy (non-hydrogen) atoms. The zero-order valence-electron chi connectivity index (χ0n) is 7.46. The molecule has 70 valence electrons. The van der Waals surface area contributed by atoms with Gasteiger partial charge in [-0.1, -0.05) is 13.8 Å². The fourth-order valence-corrected chi connectivity index (χ4v) is 0.945. The van der Waals surface area contributed by atoms with Crippen molar-refractivity contribution in [2.75, 3.05) is 0 Å². The molecule has 0 bridgehead atoms. The van der Waals surface area contributed by atoms with Gasteiger partial charge in [0.25, 0.3) is 0 Å². The molecule has 0 aliphatic carbocycles. The normalized spacial score (nSPS) is 12.8. The standard InChI is InChI=1S/C8H13ClO3/c1-5(2)4-7(6(3)10)12-8(9)11/h5,7H,4H2,1-3H3. The fourth-order valence-electron chi connectivity index (χ4n) is 0.837. The number of ether oxygens (including phenoxy) is 1. The van der Waals surface area contributed by atoms with Crippen molar-refractivity contribution in [3.05, 3.63) is 0 Å². The van der Waals surface area contributed by atoms with Gasteiger partial charge in [0.05, 0.1) is 0 Å². The molecule has 0 aromatic rings. The molecule has 1 unspecified atom stereocenters. The SMILES string of the molecule is CC(=O)C(CC(C)C)OC(=O)Cl. The van der Waals surface area contributed by atoms with Crippen molar-refractivity contribution in [1.82, 2.24) is 0 Å². The van der Waals surface area contributed by atoms with Gasteiger partial charge in [-0.15, -0.1) is 0 Å². The van der Waals surface area contributed by atoms with Gasteiger partial charge in [0.15, 0.2) is 11.9 Å². The van der Waals surface area contributed by atoms with Crippen LogP contribution in [0, 0.1) is 5.92 Å². The van der Waals surface area contributed by atoms with Crippen LogP contribution in [0.25, 0.3) is 0 Å². The molecule has 0 fully saturated rings. The van der Waals surface area contributed by atoms with Crippen LogP contribution in [0.3, 0.4) is 0 Å². The molecule has 0 amide bonds. The second kappa shape index (κ2) is 5.14. The summed E-state index contributed by atoms with van der Waals surface area (Å²) in [5.74, 6) is 0.132. The maximum atomic E-state index is 10.9. The van der Waals surface area contributed by atoms with Crippen LogP contribution in [-0.4, -0.2) is 17.3 Å². The lowest BCUT2D eigenvalue weighted by Gasteiger charge is -2.14. The van der Waals surface area contributed by atoms with Gasteiger partial charge in [-0.05, 0) is 19.3 Å². The Morgan fingerprint density at radius 2 is 1.92 bits per heavy atom. The molecular formula is C8H13ClO3. The van der Waals surface area contributed by atoms with Crippen molar-refractivity contribution in [3.63, 3.8) is 0 Å². The Morgan fingerprint density at radius 3 is 2.17 bits per heavy atom. The van der Waals surface area contributed by atoms with Gasteiger partial charge in [-0.2, -0.15) is 0 Å². The van der Waals surface area contributed by atoms with Crippen molar-refractivity contribution in [2.24, 2.45) is 5.92 Å². The van der Waals surface area contributed by atoms with Crippen LogP contribution in [-0.2, 0) is 9.53 Å². The third-order valence-corrected chi connectivity index (χ3v) is 1.46. The predicted molar refractivity (Wildman–Crippen MR) is 46.3 cm³/mol. The predicted octanol–water partition coefficient (Wildman–Crippen LogP) is 2.37. The van der Waals surface area contributed by atoms with E-state index in [4.69, 9.17) is 11.6 Å². The van der Waals surface area contributed by atoms with Gasteiger partial charge in [0, 0.05) is 11.6 Å². The molecule has 0 N–H and O–H groups in total. The average molecular weight is 193 g/mol. The lowest BCUT2D eigenvalue weighted by Crippen LogP contribution is -2.24. The summed E-state index contributed by atoms with van der Waals surface area (Å²) in [6, 6.07) is 0. The van der Waals surface area contributed by atoms with Crippen LogP contribution >= 0.6 is 11.6 Å².